The van der Waals surface area contributed by atoms with Gasteiger partial charge < -0.3 is 9.64 Å². The van der Waals surface area contributed by atoms with Crippen molar-refractivity contribution in [2.75, 3.05) is 45.9 Å². The monoisotopic (exact) mass is 295 g/mol. The molecule has 0 N–H and O–H groups in total. The fourth-order valence-electron chi connectivity index (χ4n) is 2.89. The van der Waals surface area contributed by atoms with E-state index < -0.39 is 0 Å². The van der Waals surface area contributed by atoms with Crippen LogP contribution in [0.25, 0.3) is 0 Å². The Bertz CT molecular complexity index is 432. The number of hydrogen-bond donors (Lipinski definition) is 0. The molecule has 1 aromatic heterocycles. The SMILES string of the molecule is O=C(CN1CCOCC1)N1CCC[C@@H](c2nccs2)C1. The highest BCUT2D eigenvalue weighted by atomic mass is 32.1. The molecule has 1 aromatic rings. The fraction of sp³-hybridized carbons (Fsp3) is 0.714. The van der Waals surface area contributed by atoms with E-state index in [0.717, 1.165) is 52.2 Å². The highest BCUT2D eigenvalue weighted by molar-refractivity contribution is 7.09. The van der Waals surface area contributed by atoms with E-state index in [4.69, 9.17) is 4.74 Å². The number of carbonyl (C=O) groups is 1. The highest BCUT2D eigenvalue weighted by Gasteiger charge is 2.27. The van der Waals surface area contributed by atoms with Gasteiger partial charge in [-0.3, -0.25) is 9.69 Å². The summed E-state index contributed by atoms with van der Waals surface area (Å²) in [5, 5.41) is 3.19. The number of likely N-dealkylation sites (tertiary alicyclic amines) is 1. The summed E-state index contributed by atoms with van der Waals surface area (Å²) in [4.78, 5) is 21.0. The summed E-state index contributed by atoms with van der Waals surface area (Å²) in [5.41, 5.74) is 0. The van der Waals surface area contributed by atoms with Crippen molar-refractivity contribution >= 4 is 17.2 Å². The van der Waals surface area contributed by atoms with Crippen LogP contribution in [0.3, 0.4) is 0 Å². The van der Waals surface area contributed by atoms with Crippen molar-refractivity contribution in [2.45, 2.75) is 18.8 Å². The minimum Gasteiger partial charge on any atom is -0.379 e. The summed E-state index contributed by atoms with van der Waals surface area (Å²) in [7, 11) is 0. The number of hydrogen-bond acceptors (Lipinski definition) is 5. The van der Waals surface area contributed by atoms with Crippen molar-refractivity contribution in [1.29, 1.82) is 0 Å². The molecule has 5 nitrogen and oxygen atoms in total. The molecular formula is C14H21N3O2S. The maximum atomic E-state index is 12.4. The molecule has 0 saturated carbocycles. The second kappa shape index (κ2) is 6.65. The zero-order chi connectivity index (χ0) is 13.8. The summed E-state index contributed by atoms with van der Waals surface area (Å²) < 4.78 is 5.32. The predicted octanol–water partition coefficient (Wildman–Crippen LogP) is 1.18. The molecular weight excluding hydrogens is 274 g/mol. The van der Waals surface area contributed by atoms with Crippen molar-refractivity contribution in [3.05, 3.63) is 16.6 Å². The van der Waals surface area contributed by atoms with Gasteiger partial charge in [0.05, 0.1) is 24.8 Å². The lowest BCUT2D eigenvalue weighted by atomic mass is 9.98. The number of rotatable bonds is 3. The first kappa shape index (κ1) is 14.0. The number of morpholine rings is 1. The van der Waals surface area contributed by atoms with Crippen LogP contribution in [0, 0.1) is 0 Å². The van der Waals surface area contributed by atoms with E-state index in [0.29, 0.717) is 12.5 Å². The minimum absolute atomic E-state index is 0.258. The third-order valence-electron chi connectivity index (χ3n) is 4.04. The van der Waals surface area contributed by atoms with Gasteiger partial charge >= 0.3 is 0 Å². The number of thiazole rings is 1. The highest BCUT2D eigenvalue weighted by Crippen LogP contribution is 2.28. The van der Waals surface area contributed by atoms with Gasteiger partial charge in [0.25, 0.3) is 0 Å². The Morgan fingerprint density at radius 1 is 1.40 bits per heavy atom. The molecule has 2 saturated heterocycles. The Morgan fingerprint density at radius 2 is 2.25 bits per heavy atom. The van der Waals surface area contributed by atoms with E-state index >= 15 is 0 Å². The third kappa shape index (κ3) is 3.37. The average Bonchev–Trinajstić information content (AvgIpc) is 3.03. The second-order valence-corrected chi connectivity index (χ2v) is 6.36. The molecule has 0 bridgehead atoms. The lowest BCUT2D eigenvalue weighted by Gasteiger charge is -2.34. The zero-order valence-electron chi connectivity index (χ0n) is 11.7. The number of amides is 1. The van der Waals surface area contributed by atoms with E-state index in [9.17, 15) is 4.79 Å². The van der Waals surface area contributed by atoms with Gasteiger partial charge in [0.1, 0.15) is 0 Å². The average molecular weight is 295 g/mol. The van der Waals surface area contributed by atoms with Crippen molar-refractivity contribution in [3.63, 3.8) is 0 Å². The number of carbonyl (C=O) groups excluding carboxylic acids is 1. The molecule has 20 heavy (non-hydrogen) atoms. The van der Waals surface area contributed by atoms with Gasteiger partial charge in [-0.05, 0) is 12.8 Å². The second-order valence-electron chi connectivity index (χ2n) is 5.44. The molecule has 3 heterocycles. The lowest BCUT2D eigenvalue weighted by Crippen LogP contribution is -2.47. The van der Waals surface area contributed by atoms with E-state index in [1.54, 1.807) is 11.3 Å². The number of ether oxygens (including phenoxy) is 1. The molecule has 0 aliphatic carbocycles. The Morgan fingerprint density at radius 3 is 3.00 bits per heavy atom. The van der Waals surface area contributed by atoms with Crippen LogP contribution in [0.15, 0.2) is 11.6 Å². The maximum Gasteiger partial charge on any atom is 0.236 e. The molecule has 2 aliphatic rings. The van der Waals surface area contributed by atoms with E-state index in [-0.39, 0.29) is 5.91 Å². The first-order valence-electron chi connectivity index (χ1n) is 7.30. The molecule has 2 aliphatic heterocycles. The minimum atomic E-state index is 0.258. The van der Waals surface area contributed by atoms with Crippen LogP contribution >= 0.6 is 11.3 Å². The summed E-state index contributed by atoms with van der Waals surface area (Å²) in [6.45, 7) is 5.49. The fourth-order valence-corrected chi connectivity index (χ4v) is 3.66. The largest absolute Gasteiger partial charge is 0.379 e. The molecule has 1 amide bonds. The Balaban J connectivity index is 1.54. The van der Waals surface area contributed by atoms with Crippen molar-refractivity contribution in [3.8, 4) is 0 Å². The smallest absolute Gasteiger partial charge is 0.236 e. The topological polar surface area (TPSA) is 45.7 Å². The van der Waals surface area contributed by atoms with Crippen molar-refractivity contribution < 1.29 is 9.53 Å². The van der Waals surface area contributed by atoms with Crippen LogP contribution in [-0.4, -0.2) is 66.6 Å². The van der Waals surface area contributed by atoms with Crippen molar-refractivity contribution in [1.82, 2.24) is 14.8 Å². The van der Waals surface area contributed by atoms with Crippen LogP contribution < -0.4 is 0 Å². The quantitative estimate of drug-likeness (QED) is 0.840. The molecule has 2 fully saturated rings. The van der Waals surface area contributed by atoms with Gasteiger partial charge in [-0.1, -0.05) is 0 Å². The number of aromatic nitrogens is 1. The normalized spacial score (nSPS) is 24.8. The molecule has 6 heteroatoms. The molecule has 0 aromatic carbocycles. The first-order valence-corrected chi connectivity index (χ1v) is 8.18. The van der Waals surface area contributed by atoms with E-state index in [1.165, 1.54) is 5.01 Å². The van der Waals surface area contributed by atoms with Crippen LogP contribution in [0.1, 0.15) is 23.8 Å². The van der Waals surface area contributed by atoms with Gasteiger partial charge in [0.2, 0.25) is 5.91 Å². The maximum absolute atomic E-state index is 12.4. The molecule has 3 rings (SSSR count). The molecule has 1 atom stereocenters. The Kier molecular flexibility index (Phi) is 4.65. The van der Waals surface area contributed by atoms with Gasteiger partial charge in [-0.25, -0.2) is 4.98 Å². The summed E-state index contributed by atoms with van der Waals surface area (Å²) in [5.74, 6) is 0.686. The predicted molar refractivity (Wildman–Crippen MR) is 77.9 cm³/mol. The zero-order valence-corrected chi connectivity index (χ0v) is 12.5. The van der Waals surface area contributed by atoms with E-state index in [2.05, 4.69) is 9.88 Å². The Labute approximate surface area is 123 Å². The lowest BCUT2D eigenvalue weighted by molar-refractivity contribution is -0.134. The van der Waals surface area contributed by atoms with Crippen LogP contribution in [0.2, 0.25) is 0 Å². The van der Waals surface area contributed by atoms with Gasteiger partial charge in [0, 0.05) is 43.7 Å². The summed E-state index contributed by atoms with van der Waals surface area (Å²) >= 11 is 1.70. The first-order chi connectivity index (χ1) is 9.83. The Hall–Kier alpha value is -0.980. The van der Waals surface area contributed by atoms with Crippen LogP contribution in [0.5, 0.6) is 0 Å². The van der Waals surface area contributed by atoms with Crippen LogP contribution in [-0.2, 0) is 9.53 Å². The van der Waals surface area contributed by atoms with Crippen LogP contribution in [0.4, 0.5) is 0 Å². The number of nitrogens with zero attached hydrogens (tertiary/aromatic N) is 3. The van der Waals surface area contributed by atoms with Gasteiger partial charge in [0.15, 0.2) is 0 Å². The third-order valence-corrected chi connectivity index (χ3v) is 4.98. The summed E-state index contributed by atoms with van der Waals surface area (Å²) in [6, 6.07) is 0. The standard InChI is InChI=1S/C14H21N3O2S/c18-13(11-16-5-7-19-8-6-16)17-4-1-2-12(10-17)14-15-3-9-20-14/h3,9,12H,1-2,4-8,10-11H2/t12-/m1/s1. The molecule has 0 radical (unpaired) electrons. The molecule has 110 valence electrons. The summed E-state index contributed by atoms with van der Waals surface area (Å²) in [6.07, 6.45) is 4.09. The molecule has 0 unspecified atom stereocenters. The number of piperidine rings is 1. The van der Waals surface area contributed by atoms with Gasteiger partial charge in [-0.15, -0.1) is 11.3 Å². The van der Waals surface area contributed by atoms with E-state index in [1.807, 2.05) is 16.5 Å². The molecule has 0 spiro atoms. The van der Waals surface area contributed by atoms with Gasteiger partial charge in [-0.2, -0.15) is 0 Å². The van der Waals surface area contributed by atoms with Crippen molar-refractivity contribution in [2.24, 2.45) is 0 Å².